The summed E-state index contributed by atoms with van der Waals surface area (Å²) in [7, 11) is -1.90. The van der Waals surface area contributed by atoms with Crippen LogP contribution >= 0.6 is 0 Å². The number of ether oxygens (including phenoxy) is 1. The molecule has 0 saturated carbocycles. The number of sulfonamides is 1. The summed E-state index contributed by atoms with van der Waals surface area (Å²) >= 11 is 0. The number of benzene rings is 1. The van der Waals surface area contributed by atoms with Crippen LogP contribution in [0.2, 0.25) is 0 Å². The molecular formula is C17H28N2O3S. The molecule has 1 fully saturated rings. The first-order valence-corrected chi connectivity index (χ1v) is 9.47. The lowest BCUT2D eigenvalue weighted by molar-refractivity contribution is 0.349. The summed E-state index contributed by atoms with van der Waals surface area (Å²) in [6, 6.07) is 3.59. The highest BCUT2D eigenvalue weighted by atomic mass is 32.2. The monoisotopic (exact) mass is 340 g/mol. The summed E-state index contributed by atoms with van der Waals surface area (Å²) in [4.78, 5) is 0.378. The Morgan fingerprint density at radius 3 is 2.52 bits per heavy atom. The van der Waals surface area contributed by atoms with Crippen LogP contribution in [0.1, 0.15) is 44.2 Å². The molecule has 5 nitrogen and oxygen atoms in total. The number of hydrogen-bond acceptors (Lipinski definition) is 4. The summed E-state index contributed by atoms with van der Waals surface area (Å²) in [5.41, 5.74) is 7.30. The predicted octanol–water partition coefficient (Wildman–Crippen LogP) is 2.49. The fraction of sp³-hybridized carbons (Fsp3) is 0.647. The standard InChI is InChI=1S/C17H28N2O3S/c1-12(2)14-9-16(13(3)8-15(14)22-5)23(20,21)19-7-6-17(4,10-18)11-19/h8-9,12H,6-7,10-11,18H2,1-5H3. The second kappa shape index (κ2) is 6.42. The molecule has 6 heteroatoms. The van der Waals surface area contributed by atoms with Crippen molar-refractivity contribution >= 4 is 10.0 Å². The highest BCUT2D eigenvalue weighted by molar-refractivity contribution is 7.89. The zero-order chi connectivity index (χ0) is 17.4. The molecule has 0 bridgehead atoms. The Labute approximate surface area is 139 Å². The summed E-state index contributed by atoms with van der Waals surface area (Å²) in [6.45, 7) is 9.43. The van der Waals surface area contributed by atoms with E-state index in [1.54, 1.807) is 17.5 Å². The highest BCUT2D eigenvalue weighted by Crippen LogP contribution is 2.36. The van der Waals surface area contributed by atoms with E-state index in [9.17, 15) is 8.42 Å². The lowest BCUT2D eigenvalue weighted by Gasteiger charge is -2.24. The minimum Gasteiger partial charge on any atom is -0.496 e. The van der Waals surface area contributed by atoms with Crippen LogP contribution in [0.15, 0.2) is 17.0 Å². The van der Waals surface area contributed by atoms with E-state index in [-0.39, 0.29) is 11.3 Å². The molecule has 23 heavy (non-hydrogen) atoms. The molecule has 0 amide bonds. The van der Waals surface area contributed by atoms with E-state index in [4.69, 9.17) is 10.5 Å². The van der Waals surface area contributed by atoms with Gasteiger partial charge in [0, 0.05) is 13.1 Å². The smallest absolute Gasteiger partial charge is 0.243 e. The fourth-order valence-electron chi connectivity index (χ4n) is 3.07. The van der Waals surface area contributed by atoms with Crippen LogP contribution in [0.4, 0.5) is 0 Å². The number of nitrogens with two attached hydrogens (primary N) is 1. The molecule has 0 aliphatic carbocycles. The van der Waals surface area contributed by atoms with E-state index in [0.29, 0.717) is 30.1 Å². The Kier molecular flexibility index (Phi) is 5.09. The van der Waals surface area contributed by atoms with E-state index < -0.39 is 10.0 Å². The maximum atomic E-state index is 13.1. The van der Waals surface area contributed by atoms with Crippen molar-refractivity contribution in [3.05, 3.63) is 23.3 Å². The molecule has 2 N–H and O–H groups in total. The van der Waals surface area contributed by atoms with Crippen molar-refractivity contribution in [1.82, 2.24) is 4.31 Å². The van der Waals surface area contributed by atoms with E-state index in [1.165, 1.54) is 0 Å². The molecule has 0 aromatic heterocycles. The van der Waals surface area contributed by atoms with Crippen LogP contribution < -0.4 is 10.5 Å². The third-order valence-electron chi connectivity index (χ3n) is 4.78. The first-order valence-electron chi connectivity index (χ1n) is 8.03. The van der Waals surface area contributed by atoms with Crippen molar-refractivity contribution < 1.29 is 13.2 Å². The Balaban J connectivity index is 2.47. The van der Waals surface area contributed by atoms with Crippen LogP contribution in [0.5, 0.6) is 5.75 Å². The largest absolute Gasteiger partial charge is 0.496 e. The molecular weight excluding hydrogens is 312 g/mol. The number of hydrogen-bond donors (Lipinski definition) is 1. The minimum absolute atomic E-state index is 0.131. The average molecular weight is 340 g/mol. The molecule has 1 aromatic carbocycles. The Bertz CT molecular complexity index is 685. The van der Waals surface area contributed by atoms with E-state index in [1.807, 2.05) is 33.8 Å². The first-order chi connectivity index (χ1) is 10.6. The van der Waals surface area contributed by atoms with Gasteiger partial charge in [0.2, 0.25) is 10.0 Å². The Morgan fingerprint density at radius 2 is 2.04 bits per heavy atom. The van der Waals surface area contributed by atoms with Crippen LogP contribution in [0.25, 0.3) is 0 Å². The van der Waals surface area contributed by atoms with Crippen molar-refractivity contribution in [2.24, 2.45) is 11.1 Å². The summed E-state index contributed by atoms with van der Waals surface area (Å²) in [6.07, 6.45) is 0.801. The maximum Gasteiger partial charge on any atom is 0.243 e. The molecule has 130 valence electrons. The molecule has 1 aliphatic heterocycles. The van der Waals surface area contributed by atoms with Gasteiger partial charge in [0.1, 0.15) is 5.75 Å². The Hall–Kier alpha value is -1.11. The van der Waals surface area contributed by atoms with Gasteiger partial charge in [0.15, 0.2) is 0 Å². The summed E-state index contributed by atoms with van der Waals surface area (Å²) in [5, 5.41) is 0. The van der Waals surface area contributed by atoms with Crippen LogP contribution in [-0.2, 0) is 10.0 Å². The second-order valence-electron chi connectivity index (χ2n) is 7.12. The van der Waals surface area contributed by atoms with E-state index >= 15 is 0 Å². The summed E-state index contributed by atoms with van der Waals surface area (Å²) in [5.74, 6) is 0.928. The van der Waals surface area contributed by atoms with Crippen molar-refractivity contribution in [2.45, 2.75) is 44.9 Å². The molecule has 0 spiro atoms. The van der Waals surface area contributed by atoms with Crippen molar-refractivity contribution in [1.29, 1.82) is 0 Å². The van der Waals surface area contributed by atoms with Gasteiger partial charge in [-0.2, -0.15) is 4.31 Å². The number of aryl methyl sites for hydroxylation is 1. The van der Waals surface area contributed by atoms with Gasteiger partial charge in [-0.05, 0) is 54.5 Å². The van der Waals surface area contributed by atoms with Gasteiger partial charge in [0.25, 0.3) is 0 Å². The van der Waals surface area contributed by atoms with Gasteiger partial charge in [-0.25, -0.2) is 8.42 Å². The third-order valence-corrected chi connectivity index (χ3v) is 6.77. The lowest BCUT2D eigenvalue weighted by Crippen LogP contribution is -2.34. The van der Waals surface area contributed by atoms with Crippen LogP contribution in [0, 0.1) is 12.3 Å². The van der Waals surface area contributed by atoms with Crippen LogP contribution in [0.3, 0.4) is 0 Å². The topological polar surface area (TPSA) is 72.6 Å². The molecule has 1 saturated heterocycles. The van der Waals surface area contributed by atoms with Crippen molar-refractivity contribution in [3.63, 3.8) is 0 Å². The number of nitrogens with zero attached hydrogens (tertiary/aromatic N) is 1. The zero-order valence-corrected chi connectivity index (χ0v) is 15.5. The molecule has 1 heterocycles. The van der Waals surface area contributed by atoms with Gasteiger partial charge >= 0.3 is 0 Å². The van der Waals surface area contributed by atoms with Gasteiger partial charge in [-0.3, -0.25) is 0 Å². The molecule has 1 atom stereocenters. The highest BCUT2D eigenvalue weighted by Gasteiger charge is 2.39. The lowest BCUT2D eigenvalue weighted by atomic mass is 9.90. The van der Waals surface area contributed by atoms with Crippen molar-refractivity contribution in [3.8, 4) is 5.75 Å². The molecule has 1 unspecified atom stereocenters. The number of methoxy groups -OCH3 is 1. The first kappa shape index (κ1) is 18.2. The third kappa shape index (κ3) is 3.39. The minimum atomic E-state index is -3.51. The maximum absolute atomic E-state index is 13.1. The zero-order valence-electron chi connectivity index (χ0n) is 14.7. The van der Waals surface area contributed by atoms with Gasteiger partial charge in [0.05, 0.1) is 12.0 Å². The molecule has 0 radical (unpaired) electrons. The predicted molar refractivity (Wildman–Crippen MR) is 92.4 cm³/mol. The summed E-state index contributed by atoms with van der Waals surface area (Å²) < 4.78 is 33.1. The Morgan fingerprint density at radius 1 is 1.39 bits per heavy atom. The molecule has 1 aliphatic rings. The normalized spacial score (nSPS) is 22.7. The van der Waals surface area contributed by atoms with Crippen LogP contribution in [-0.4, -0.2) is 39.5 Å². The quantitative estimate of drug-likeness (QED) is 0.894. The molecule has 1 aromatic rings. The fourth-order valence-corrected chi connectivity index (χ4v) is 4.91. The van der Waals surface area contributed by atoms with E-state index in [2.05, 4.69) is 0 Å². The van der Waals surface area contributed by atoms with Gasteiger partial charge in [-0.1, -0.05) is 20.8 Å². The second-order valence-corrected chi connectivity index (χ2v) is 9.02. The average Bonchev–Trinajstić information content (AvgIpc) is 2.90. The van der Waals surface area contributed by atoms with Crippen molar-refractivity contribution in [2.75, 3.05) is 26.7 Å². The number of rotatable bonds is 5. The SMILES string of the molecule is COc1cc(C)c(S(=O)(=O)N2CCC(C)(CN)C2)cc1C(C)C. The van der Waals surface area contributed by atoms with Gasteiger partial charge < -0.3 is 10.5 Å². The van der Waals surface area contributed by atoms with Gasteiger partial charge in [-0.15, -0.1) is 0 Å². The van der Waals surface area contributed by atoms with E-state index in [0.717, 1.165) is 17.7 Å². The molecule has 2 rings (SSSR count).